The molecule has 6 nitrogen and oxygen atoms in total. The van der Waals surface area contributed by atoms with Crippen LogP contribution in [0.3, 0.4) is 0 Å². The Kier molecular flexibility index (Phi) is 9.27. The Morgan fingerprint density at radius 2 is 1.71 bits per heavy atom. The minimum atomic E-state index is -4.82. The summed E-state index contributed by atoms with van der Waals surface area (Å²) in [4.78, 5) is 16.5. The summed E-state index contributed by atoms with van der Waals surface area (Å²) in [6, 6.07) is 16.8. The number of rotatable bonds is 9. The molecule has 2 atom stereocenters. The van der Waals surface area contributed by atoms with Crippen LogP contribution >= 0.6 is 0 Å². The van der Waals surface area contributed by atoms with Crippen LogP contribution in [0.5, 0.6) is 5.75 Å². The number of para-hydroxylation sites is 1. The van der Waals surface area contributed by atoms with E-state index in [9.17, 15) is 27.5 Å². The fourth-order valence-corrected chi connectivity index (χ4v) is 5.30. The summed E-state index contributed by atoms with van der Waals surface area (Å²) in [6.45, 7) is 4.89. The van der Waals surface area contributed by atoms with Crippen LogP contribution in [0.15, 0.2) is 72.4 Å². The molecule has 2 unspecified atom stereocenters. The van der Waals surface area contributed by atoms with Crippen LogP contribution in [0.4, 0.5) is 17.6 Å². The van der Waals surface area contributed by atoms with E-state index in [1.165, 1.54) is 16.9 Å². The summed E-state index contributed by atoms with van der Waals surface area (Å²) in [7, 11) is 3.21. The number of aliphatic hydroxyl groups is 1. The van der Waals surface area contributed by atoms with Gasteiger partial charge in [0.05, 0.1) is 30.8 Å². The van der Waals surface area contributed by atoms with E-state index in [1.54, 1.807) is 32.2 Å². The lowest BCUT2D eigenvalue weighted by atomic mass is 9.94. The third kappa shape index (κ3) is 6.15. The number of allylic oxidation sites excluding steroid dienone is 1. The Hall–Kier alpha value is -3.89. The summed E-state index contributed by atoms with van der Waals surface area (Å²) in [5, 5.41) is 14.7. The standard InChI is InChI=1S/C32H35F4N3O3/c1-19(2)21-10-8-11-22(16-21)29-20(3)38(17-24-25(32(34,35)36)13-9-14-26(24)33)31(41)39(30(29)40)18-27(37-4)23-12-6-7-15-28(23)42-5/h6-16,19,27,31,37,41H,17-18H2,1-5H3. The van der Waals surface area contributed by atoms with Crippen molar-refractivity contribution in [1.82, 2.24) is 15.1 Å². The minimum Gasteiger partial charge on any atom is -0.496 e. The molecule has 224 valence electrons. The smallest absolute Gasteiger partial charge is 0.416 e. The van der Waals surface area contributed by atoms with E-state index in [0.717, 1.165) is 29.3 Å². The molecule has 10 heteroatoms. The van der Waals surface area contributed by atoms with E-state index in [-0.39, 0.29) is 23.7 Å². The molecule has 1 aliphatic rings. The topological polar surface area (TPSA) is 65.0 Å². The van der Waals surface area contributed by atoms with Crippen LogP contribution in [-0.2, 0) is 17.5 Å². The minimum absolute atomic E-state index is 0.0581. The van der Waals surface area contributed by atoms with E-state index < -0.39 is 48.0 Å². The Morgan fingerprint density at radius 3 is 2.36 bits per heavy atom. The molecule has 0 fully saturated rings. The van der Waals surface area contributed by atoms with Crippen molar-refractivity contribution in [2.75, 3.05) is 20.7 Å². The van der Waals surface area contributed by atoms with Gasteiger partial charge in [0.2, 0.25) is 6.35 Å². The average Bonchev–Trinajstić information content (AvgIpc) is 2.95. The molecule has 0 aromatic heterocycles. The number of amides is 1. The molecule has 0 bridgehead atoms. The molecular formula is C32H35F4N3O3. The van der Waals surface area contributed by atoms with Gasteiger partial charge in [0.15, 0.2) is 0 Å². The highest BCUT2D eigenvalue weighted by atomic mass is 19.4. The van der Waals surface area contributed by atoms with Crippen LogP contribution < -0.4 is 10.1 Å². The lowest BCUT2D eigenvalue weighted by molar-refractivity contribution is -0.156. The first-order chi connectivity index (χ1) is 19.9. The van der Waals surface area contributed by atoms with Crippen molar-refractivity contribution >= 4 is 11.5 Å². The summed E-state index contributed by atoms with van der Waals surface area (Å²) < 4.78 is 62.2. The lowest BCUT2D eigenvalue weighted by Gasteiger charge is -2.44. The zero-order chi connectivity index (χ0) is 30.8. The number of nitrogens with one attached hydrogen (secondary N) is 1. The zero-order valence-corrected chi connectivity index (χ0v) is 24.2. The molecule has 0 saturated heterocycles. The second kappa shape index (κ2) is 12.5. The van der Waals surface area contributed by atoms with Crippen LogP contribution in [-0.4, -0.2) is 47.9 Å². The first kappa shape index (κ1) is 31.1. The number of nitrogens with zero attached hydrogens (tertiary/aromatic N) is 2. The normalized spacial score (nSPS) is 16.8. The molecule has 1 heterocycles. The summed E-state index contributed by atoms with van der Waals surface area (Å²) in [6.07, 6.45) is -6.50. The number of hydrogen-bond acceptors (Lipinski definition) is 5. The van der Waals surface area contributed by atoms with Gasteiger partial charge in [-0.3, -0.25) is 9.69 Å². The fraction of sp³-hybridized carbons (Fsp3) is 0.344. The molecule has 3 aromatic carbocycles. The molecular weight excluding hydrogens is 550 g/mol. The number of carbonyl (C=O) groups excluding carboxylic acids is 1. The molecule has 0 spiro atoms. The molecule has 1 amide bonds. The van der Waals surface area contributed by atoms with Crippen LogP contribution in [0.1, 0.15) is 60.5 Å². The van der Waals surface area contributed by atoms with Gasteiger partial charge in [0.25, 0.3) is 5.91 Å². The molecule has 1 aliphatic heterocycles. The van der Waals surface area contributed by atoms with E-state index in [2.05, 4.69) is 5.32 Å². The number of hydrogen-bond donors (Lipinski definition) is 2. The number of alkyl halides is 3. The molecule has 2 N–H and O–H groups in total. The monoisotopic (exact) mass is 585 g/mol. The highest BCUT2D eigenvalue weighted by Gasteiger charge is 2.41. The quantitative estimate of drug-likeness (QED) is 0.289. The van der Waals surface area contributed by atoms with Crippen molar-refractivity contribution in [2.24, 2.45) is 0 Å². The van der Waals surface area contributed by atoms with Gasteiger partial charge >= 0.3 is 6.18 Å². The number of ether oxygens (including phenoxy) is 1. The molecule has 42 heavy (non-hydrogen) atoms. The second-order valence-electron chi connectivity index (χ2n) is 10.5. The summed E-state index contributed by atoms with van der Waals surface area (Å²) >= 11 is 0. The molecule has 0 radical (unpaired) electrons. The molecule has 0 aliphatic carbocycles. The van der Waals surface area contributed by atoms with Gasteiger partial charge in [0, 0.05) is 23.4 Å². The number of benzene rings is 3. The predicted octanol–water partition coefficient (Wildman–Crippen LogP) is 6.29. The number of likely N-dealkylation sites (N-methyl/N-ethyl adjacent to an activating group) is 1. The third-order valence-electron chi connectivity index (χ3n) is 7.66. The van der Waals surface area contributed by atoms with Crippen molar-refractivity contribution in [2.45, 2.75) is 51.8 Å². The highest BCUT2D eigenvalue weighted by molar-refractivity contribution is 6.21. The summed E-state index contributed by atoms with van der Waals surface area (Å²) in [5.41, 5.74) is 0.909. The first-order valence-electron chi connectivity index (χ1n) is 13.6. The maximum atomic E-state index is 15.0. The Labute approximate surface area is 243 Å². The van der Waals surface area contributed by atoms with E-state index in [0.29, 0.717) is 11.3 Å². The first-order valence-corrected chi connectivity index (χ1v) is 13.6. The Morgan fingerprint density at radius 1 is 1.02 bits per heavy atom. The SMILES string of the molecule is CNC(CN1C(=O)C(c2cccc(C(C)C)c2)=C(C)N(Cc2c(F)cccc2C(F)(F)F)C1O)c1ccccc1OC. The number of halogens is 4. The van der Waals surface area contributed by atoms with E-state index >= 15 is 0 Å². The second-order valence-corrected chi connectivity index (χ2v) is 10.5. The van der Waals surface area contributed by atoms with Crippen molar-refractivity contribution in [3.63, 3.8) is 0 Å². The number of aliphatic hydroxyl groups excluding tert-OH is 1. The maximum absolute atomic E-state index is 15.0. The summed E-state index contributed by atoms with van der Waals surface area (Å²) in [5.74, 6) is -0.852. The Bertz CT molecular complexity index is 1470. The van der Waals surface area contributed by atoms with Gasteiger partial charge in [0.1, 0.15) is 11.6 Å². The fourth-order valence-electron chi connectivity index (χ4n) is 5.30. The molecule has 4 rings (SSSR count). The molecule has 0 saturated carbocycles. The maximum Gasteiger partial charge on any atom is 0.416 e. The number of carbonyl (C=O) groups is 1. The van der Waals surface area contributed by atoms with Gasteiger partial charge in [-0.05, 0) is 49.2 Å². The van der Waals surface area contributed by atoms with Gasteiger partial charge in [-0.2, -0.15) is 13.2 Å². The van der Waals surface area contributed by atoms with Crippen LogP contribution in [0.25, 0.3) is 5.57 Å². The van der Waals surface area contributed by atoms with Gasteiger partial charge in [-0.15, -0.1) is 0 Å². The van der Waals surface area contributed by atoms with Crippen LogP contribution in [0.2, 0.25) is 0 Å². The zero-order valence-electron chi connectivity index (χ0n) is 24.2. The van der Waals surface area contributed by atoms with Gasteiger partial charge in [-0.1, -0.05) is 62.4 Å². The van der Waals surface area contributed by atoms with Crippen molar-refractivity contribution in [3.05, 3.63) is 106 Å². The number of methoxy groups -OCH3 is 1. The lowest BCUT2D eigenvalue weighted by Crippen LogP contribution is -2.56. The Balaban J connectivity index is 1.86. The van der Waals surface area contributed by atoms with Crippen molar-refractivity contribution < 1.29 is 32.2 Å². The third-order valence-corrected chi connectivity index (χ3v) is 7.66. The van der Waals surface area contributed by atoms with E-state index in [1.807, 2.05) is 44.2 Å². The largest absolute Gasteiger partial charge is 0.496 e. The van der Waals surface area contributed by atoms with Crippen molar-refractivity contribution in [1.29, 1.82) is 0 Å². The van der Waals surface area contributed by atoms with E-state index in [4.69, 9.17) is 4.74 Å². The predicted molar refractivity (Wildman–Crippen MR) is 153 cm³/mol. The van der Waals surface area contributed by atoms with Gasteiger partial charge in [-0.25, -0.2) is 4.39 Å². The van der Waals surface area contributed by atoms with Crippen LogP contribution in [0, 0.1) is 5.82 Å². The molecule has 3 aromatic rings. The van der Waals surface area contributed by atoms with Gasteiger partial charge < -0.3 is 20.1 Å². The average molecular weight is 586 g/mol. The highest BCUT2D eigenvalue weighted by Crippen LogP contribution is 2.38. The van der Waals surface area contributed by atoms with Crippen molar-refractivity contribution in [3.8, 4) is 5.75 Å².